The van der Waals surface area contributed by atoms with E-state index in [0.717, 1.165) is 12.1 Å². The van der Waals surface area contributed by atoms with Crippen molar-refractivity contribution in [2.24, 2.45) is 0 Å². The summed E-state index contributed by atoms with van der Waals surface area (Å²) in [5.41, 5.74) is -0.277. The van der Waals surface area contributed by atoms with Gasteiger partial charge in [-0.15, -0.1) is 0 Å². The summed E-state index contributed by atoms with van der Waals surface area (Å²) in [4.78, 5) is 0. The fourth-order valence-electron chi connectivity index (χ4n) is 1.57. The summed E-state index contributed by atoms with van der Waals surface area (Å²) in [6.07, 6.45) is -3.22. The van der Waals surface area contributed by atoms with Crippen LogP contribution in [0.5, 0.6) is 0 Å². The van der Waals surface area contributed by atoms with Crippen LogP contribution in [0.2, 0.25) is 0 Å². The first kappa shape index (κ1) is 13.1. The van der Waals surface area contributed by atoms with E-state index in [2.05, 4.69) is 0 Å². The van der Waals surface area contributed by atoms with E-state index in [1.54, 1.807) is 30.3 Å². The van der Waals surface area contributed by atoms with Crippen LogP contribution in [0.15, 0.2) is 54.6 Å². The lowest BCUT2D eigenvalue weighted by atomic mass is 10.2. The van der Waals surface area contributed by atoms with Crippen LogP contribution >= 0.6 is 0 Å². The minimum absolute atomic E-state index is 0.0568. The lowest BCUT2D eigenvalue weighted by Gasteiger charge is -2.08. The molecule has 0 bridgehead atoms. The summed E-state index contributed by atoms with van der Waals surface area (Å²) in [6, 6.07) is 13.0. The number of alkyl halides is 3. The summed E-state index contributed by atoms with van der Waals surface area (Å²) in [5.74, 6) is 0. The van der Waals surface area contributed by atoms with Crippen molar-refractivity contribution in [3.05, 3.63) is 70.9 Å². The predicted octanol–water partition coefficient (Wildman–Crippen LogP) is 3.97. The molecule has 0 aromatic heterocycles. The molecule has 0 heterocycles. The molecule has 5 heteroatoms. The first-order valence-electron chi connectivity index (χ1n) is 5.50. The van der Waals surface area contributed by atoms with Crippen LogP contribution in [-0.2, 0) is 6.18 Å². The van der Waals surface area contributed by atoms with Crippen molar-refractivity contribution < 1.29 is 17.9 Å². The van der Waals surface area contributed by atoms with Crippen molar-refractivity contribution in [3.63, 3.8) is 0 Å². The standard InChI is InChI=1S/C14H10F3NO/c15-14(16,17)12-7-4-8-13(9-12)18(19)10-11-5-2-1-3-6-11/h1-10H. The Bertz CT molecular complexity index is 591. The van der Waals surface area contributed by atoms with Crippen LogP contribution in [0.25, 0.3) is 0 Å². The molecule has 0 spiro atoms. The van der Waals surface area contributed by atoms with Gasteiger partial charge >= 0.3 is 6.18 Å². The molecule has 2 rings (SSSR count). The molecule has 0 N–H and O–H groups in total. The Morgan fingerprint density at radius 1 is 0.947 bits per heavy atom. The van der Waals surface area contributed by atoms with Crippen molar-refractivity contribution >= 4 is 11.9 Å². The molecule has 0 aliphatic rings. The third kappa shape index (κ3) is 3.34. The summed E-state index contributed by atoms with van der Waals surface area (Å²) < 4.78 is 38.0. The first-order chi connectivity index (χ1) is 8.97. The molecule has 0 radical (unpaired) electrons. The molecule has 0 amide bonds. The van der Waals surface area contributed by atoms with E-state index < -0.39 is 11.7 Å². The fraction of sp³-hybridized carbons (Fsp3) is 0.0714. The minimum atomic E-state index is -4.45. The van der Waals surface area contributed by atoms with Gasteiger partial charge in [-0.2, -0.15) is 17.9 Å². The van der Waals surface area contributed by atoms with Gasteiger partial charge in [0.1, 0.15) is 0 Å². The monoisotopic (exact) mass is 265 g/mol. The highest BCUT2D eigenvalue weighted by molar-refractivity contribution is 5.76. The average Bonchev–Trinajstić information content (AvgIpc) is 2.39. The minimum Gasteiger partial charge on any atom is -0.618 e. The van der Waals surface area contributed by atoms with Gasteiger partial charge in [-0.05, 0) is 18.2 Å². The topological polar surface area (TPSA) is 26.1 Å². The predicted molar refractivity (Wildman–Crippen MR) is 66.3 cm³/mol. The smallest absolute Gasteiger partial charge is 0.416 e. The number of benzene rings is 2. The fourth-order valence-corrected chi connectivity index (χ4v) is 1.57. The quantitative estimate of drug-likeness (QED) is 0.349. The molecule has 0 fully saturated rings. The maximum absolute atomic E-state index is 12.5. The second kappa shape index (κ2) is 5.14. The van der Waals surface area contributed by atoms with Crippen molar-refractivity contribution in [1.82, 2.24) is 0 Å². The zero-order chi connectivity index (χ0) is 13.9. The first-order valence-corrected chi connectivity index (χ1v) is 5.50. The summed E-state index contributed by atoms with van der Waals surface area (Å²) in [7, 11) is 0. The van der Waals surface area contributed by atoms with E-state index in [1.165, 1.54) is 18.3 Å². The van der Waals surface area contributed by atoms with Crippen molar-refractivity contribution in [1.29, 1.82) is 0 Å². The van der Waals surface area contributed by atoms with E-state index in [-0.39, 0.29) is 5.69 Å². The van der Waals surface area contributed by atoms with Gasteiger partial charge in [-0.25, -0.2) is 0 Å². The van der Waals surface area contributed by atoms with Crippen LogP contribution in [0.4, 0.5) is 18.9 Å². The summed E-state index contributed by atoms with van der Waals surface area (Å²) in [5, 5.41) is 11.8. The maximum Gasteiger partial charge on any atom is 0.416 e. The van der Waals surface area contributed by atoms with Crippen LogP contribution in [0, 0.1) is 5.21 Å². The molecule has 0 aliphatic carbocycles. The molecule has 2 aromatic carbocycles. The molecule has 0 aliphatic heterocycles. The SMILES string of the molecule is [O-][N+](=Cc1ccccc1)c1cccc(C(F)(F)F)c1. The number of nitrogens with zero attached hydrogens (tertiary/aromatic N) is 1. The highest BCUT2D eigenvalue weighted by atomic mass is 19.4. The van der Waals surface area contributed by atoms with Crippen LogP contribution < -0.4 is 0 Å². The van der Waals surface area contributed by atoms with Crippen LogP contribution in [-0.4, -0.2) is 11.0 Å². The van der Waals surface area contributed by atoms with E-state index >= 15 is 0 Å². The molecule has 2 nitrogen and oxygen atoms in total. The van der Waals surface area contributed by atoms with Gasteiger partial charge in [0, 0.05) is 17.7 Å². The highest BCUT2D eigenvalue weighted by Crippen LogP contribution is 2.31. The number of hydrogen-bond donors (Lipinski definition) is 0. The van der Waals surface area contributed by atoms with Gasteiger partial charge in [0.05, 0.1) is 5.56 Å². The maximum atomic E-state index is 12.5. The second-order valence-electron chi connectivity index (χ2n) is 3.91. The lowest BCUT2D eigenvalue weighted by Crippen LogP contribution is -2.06. The van der Waals surface area contributed by atoms with Crippen molar-refractivity contribution in [2.75, 3.05) is 0 Å². The third-order valence-corrected chi connectivity index (χ3v) is 2.49. The molecule has 0 saturated heterocycles. The third-order valence-electron chi connectivity index (χ3n) is 2.49. The molecule has 0 unspecified atom stereocenters. The Morgan fingerprint density at radius 2 is 1.63 bits per heavy atom. The zero-order valence-corrected chi connectivity index (χ0v) is 9.76. The molecular weight excluding hydrogens is 255 g/mol. The van der Waals surface area contributed by atoms with E-state index in [9.17, 15) is 18.4 Å². The van der Waals surface area contributed by atoms with Gasteiger partial charge in [0.15, 0.2) is 6.21 Å². The van der Waals surface area contributed by atoms with Gasteiger partial charge in [-0.1, -0.05) is 24.3 Å². The van der Waals surface area contributed by atoms with Gasteiger partial charge in [0.2, 0.25) is 5.69 Å². The van der Waals surface area contributed by atoms with Gasteiger partial charge in [-0.3, -0.25) is 0 Å². The van der Waals surface area contributed by atoms with Gasteiger partial charge in [0.25, 0.3) is 0 Å². The molecule has 98 valence electrons. The Kier molecular flexibility index (Phi) is 3.55. The second-order valence-corrected chi connectivity index (χ2v) is 3.91. The average molecular weight is 265 g/mol. The van der Waals surface area contributed by atoms with E-state index in [1.807, 2.05) is 0 Å². The zero-order valence-electron chi connectivity index (χ0n) is 9.76. The number of hydrogen-bond acceptors (Lipinski definition) is 1. The number of halogens is 3. The normalized spacial score (nSPS) is 12.5. The Morgan fingerprint density at radius 3 is 2.26 bits per heavy atom. The Labute approximate surface area is 108 Å². The Balaban J connectivity index is 2.35. The van der Waals surface area contributed by atoms with Crippen LogP contribution in [0.1, 0.15) is 11.1 Å². The lowest BCUT2D eigenvalue weighted by molar-refractivity contribution is -0.354. The van der Waals surface area contributed by atoms with E-state index in [0.29, 0.717) is 10.3 Å². The van der Waals surface area contributed by atoms with Crippen molar-refractivity contribution in [3.8, 4) is 0 Å². The van der Waals surface area contributed by atoms with E-state index in [4.69, 9.17) is 0 Å². The largest absolute Gasteiger partial charge is 0.618 e. The van der Waals surface area contributed by atoms with Crippen molar-refractivity contribution in [2.45, 2.75) is 6.18 Å². The molecule has 0 saturated carbocycles. The molecule has 2 aromatic rings. The summed E-state index contributed by atoms with van der Waals surface area (Å²) in [6.45, 7) is 0. The number of rotatable bonds is 2. The summed E-state index contributed by atoms with van der Waals surface area (Å²) >= 11 is 0. The Hall–Kier alpha value is -2.30. The molecule has 0 atom stereocenters. The van der Waals surface area contributed by atoms with Gasteiger partial charge < -0.3 is 5.21 Å². The molecule has 19 heavy (non-hydrogen) atoms. The molecular formula is C14H10F3NO. The highest BCUT2D eigenvalue weighted by Gasteiger charge is 2.31. The van der Waals surface area contributed by atoms with Crippen LogP contribution in [0.3, 0.4) is 0 Å².